The minimum Gasteiger partial charge on any atom is -0.490 e. The topological polar surface area (TPSA) is 21.3 Å². The van der Waals surface area contributed by atoms with Gasteiger partial charge < -0.3 is 10.1 Å². The number of nitrogens with one attached hydrogen (secondary N) is 1. The summed E-state index contributed by atoms with van der Waals surface area (Å²) in [4.78, 5) is 0. The molecule has 0 saturated carbocycles. The fraction of sp³-hybridized carbons (Fsp3) is 0.600. The van der Waals surface area contributed by atoms with Gasteiger partial charge in [0.25, 0.3) is 0 Å². The van der Waals surface area contributed by atoms with Gasteiger partial charge in [0.05, 0.1) is 0 Å². The molecule has 2 rings (SSSR count). The largest absolute Gasteiger partial charge is 0.490 e. The zero-order valence-electron chi connectivity index (χ0n) is 11.1. The Kier molecular flexibility index (Phi) is 4.06. The monoisotopic (exact) mass is 233 g/mol. The van der Waals surface area contributed by atoms with E-state index in [1.165, 1.54) is 17.5 Å². The van der Waals surface area contributed by atoms with Crippen LogP contribution >= 0.6 is 0 Å². The molecule has 2 nitrogen and oxygen atoms in total. The Morgan fingerprint density at radius 2 is 2.29 bits per heavy atom. The van der Waals surface area contributed by atoms with Crippen LogP contribution in [0.3, 0.4) is 0 Å². The van der Waals surface area contributed by atoms with Crippen molar-refractivity contribution in [1.82, 2.24) is 5.32 Å². The smallest absolute Gasteiger partial charge is 0.123 e. The molecule has 2 unspecified atom stereocenters. The normalized spacial score (nSPS) is 19.8. The Morgan fingerprint density at radius 1 is 1.47 bits per heavy atom. The molecule has 1 aromatic rings. The van der Waals surface area contributed by atoms with Crippen LogP contribution in [0.5, 0.6) is 5.75 Å². The van der Waals surface area contributed by atoms with Crippen LogP contribution in [0, 0.1) is 12.8 Å². The maximum atomic E-state index is 6.01. The van der Waals surface area contributed by atoms with Crippen LogP contribution in [0.2, 0.25) is 0 Å². The number of hydrogen-bond donors (Lipinski definition) is 1. The van der Waals surface area contributed by atoms with E-state index in [-0.39, 0.29) is 0 Å². The van der Waals surface area contributed by atoms with E-state index in [0.717, 1.165) is 31.1 Å². The van der Waals surface area contributed by atoms with Gasteiger partial charge in [0.15, 0.2) is 0 Å². The van der Waals surface area contributed by atoms with Crippen LogP contribution in [0.4, 0.5) is 0 Å². The SMILES string of the molecule is CCC(CNC)CC1Cc2cc(C)ccc2O1. The highest BCUT2D eigenvalue weighted by atomic mass is 16.5. The lowest BCUT2D eigenvalue weighted by Crippen LogP contribution is -2.25. The van der Waals surface area contributed by atoms with Crippen molar-refractivity contribution in [2.24, 2.45) is 5.92 Å². The van der Waals surface area contributed by atoms with E-state index in [4.69, 9.17) is 4.74 Å². The predicted molar refractivity (Wildman–Crippen MR) is 71.6 cm³/mol. The van der Waals surface area contributed by atoms with Crippen molar-refractivity contribution in [3.8, 4) is 5.75 Å². The molecule has 0 aromatic heterocycles. The summed E-state index contributed by atoms with van der Waals surface area (Å²) >= 11 is 0. The van der Waals surface area contributed by atoms with Crippen LogP contribution in [0.15, 0.2) is 18.2 Å². The van der Waals surface area contributed by atoms with Crippen LogP contribution in [-0.2, 0) is 6.42 Å². The van der Waals surface area contributed by atoms with E-state index in [0.29, 0.717) is 6.10 Å². The summed E-state index contributed by atoms with van der Waals surface area (Å²) in [6.07, 6.45) is 3.84. The molecule has 0 spiro atoms. The summed E-state index contributed by atoms with van der Waals surface area (Å²) < 4.78 is 6.01. The number of aryl methyl sites for hydroxylation is 1. The van der Waals surface area contributed by atoms with Crippen LogP contribution in [-0.4, -0.2) is 19.7 Å². The van der Waals surface area contributed by atoms with Gasteiger partial charge in [-0.2, -0.15) is 0 Å². The van der Waals surface area contributed by atoms with Crippen molar-refractivity contribution in [2.75, 3.05) is 13.6 Å². The minimum atomic E-state index is 0.380. The maximum absolute atomic E-state index is 6.01. The maximum Gasteiger partial charge on any atom is 0.123 e. The highest BCUT2D eigenvalue weighted by molar-refractivity contribution is 5.40. The third-order valence-electron chi connectivity index (χ3n) is 3.62. The van der Waals surface area contributed by atoms with Crippen molar-refractivity contribution in [3.63, 3.8) is 0 Å². The molecule has 1 aliphatic rings. The van der Waals surface area contributed by atoms with Gasteiger partial charge in [0.2, 0.25) is 0 Å². The van der Waals surface area contributed by atoms with Crippen molar-refractivity contribution in [1.29, 1.82) is 0 Å². The molecule has 1 aliphatic heterocycles. The first-order chi connectivity index (χ1) is 8.22. The molecule has 0 radical (unpaired) electrons. The molecule has 1 N–H and O–H groups in total. The van der Waals surface area contributed by atoms with Gasteiger partial charge in [-0.25, -0.2) is 0 Å². The number of benzene rings is 1. The van der Waals surface area contributed by atoms with Gasteiger partial charge in [-0.3, -0.25) is 0 Å². The Bertz CT molecular complexity index is 375. The first-order valence-corrected chi connectivity index (χ1v) is 6.63. The van der Waals surface area contributed by atoms with E-state index < -0.39 is 0 Å². The van der Waals surface area contributed by atoms with Crippen molar-refractivity contribution < 1.29 is 4.74 Å². The van der Waals surface area contributed by atoms with Gasteiger partial charge in [-0.15, -0.1) is 0 Å². The molecule has 0 aliphatic carbocycles. The molecule has 0 bridgehead atoms. The average molecular weight is 233 g/mol. The second-order valence-corrected chi connectivity index (χ2v) is 5.12. The van der Waals surface area contributed by atoms with Gasteiger partial charge in [-0.1, -0.05) is 31.0 Å². The molecular weight excluding hydrogens is 210 g/mol. The molecule has 0 amide bonds. The second kappa shape index (κ2) is 5.54. The van der Waals surface area contributed by atoms with Gasteiger partial charge in [-0.05, 0) is 44.5 Å². The fourth-order valence-corrected chi connectivity index (χ4v) is 2.64. The lowest BCUT2D eigenvalue weighted by Gasteiger charge is -2.18. The average Bonchev–Trinajstić information content (AvgIpc) is 2.69. The van der Waals surface area contributed by atoms with Crippen molar-refractivity contribution >= 4 is 0 Å². The van der Waals surface area contributed by atoms with E-state index in [2.05, 4.69) is 37.4 Å². The zero-order valence-corrected chi connectivity index (χ0v) is 11.1. The summed E-state index contributed by atoms with van der Waals surface area (Å²) in [7, 11) is 2.02. The van der Waals surface area contributed by atoms with Gasteiger partial charge >= 0.3 is 0 Å². The molecular formula is C15H23NO. The summed E-state index contributed by atoms with van der Waals surface area (Å²) in [5.74, 6) is 1.82. The lowest BCUT2D eigenvalue weighted by molar-refractivity contribution is 0.191. The fourth-order valence-electron chi connectivity index (χ4n) is 2.64. The highest BCUT2D eigenvalue weighted by Gasteiger charge is 2.24. The standard InChI is InChI=1S/C15H23NO/c1-4-12(10-16-3)8-14-9-13-7-11(2)5-6-15(13)17-14/h5-7,12,14,16H,4,8-10H2,1-3H3. The summed E-state index contributed by atoms with van der Waals surface area (Å²) in [6.45, 7) is 5.49. The molecule has 0 fully saturated rings. The Morgan fingerprint density at radius 3 is 3.00 bits per heavy atom. The summed E-state index contributed by atoms with van der Waals surface area (Å²) in [5, 5.41) is 3.27. The number of ether oxygens (including phenoxy) is 1. The van der Waals surface area contributed by atoms with E-state index >= 15 is 0 Å². The Labute approximate surface area is 104 Å². The quantitative estimate of drug-likeness (QED) is 0.844. The zero-order chi connectivity index (χ0) is 12.3. The number of hydrogen-bond acceptors (Lipinski definition) is 2. The van der Waals surface area contributed by atoms with E-state index in [9.17, 15) is 0 Å². The third-order valence-corrected chi connectivity index (χ3v) is 3.62. The number of fused-ring (bicyclic) bond motifs is 1. The van der Waals surface area contributed by atoms with Crippen molar-refractivity contribution in [3.05, 3.63) is 29.3 Å². The first-order valence-electron chi connectivity index (χ1n) is 6.63. The summed E-state index contributed by atoms with van der Waals surface area (Å²) in [5.41, 5.74) is 2.71. The minimum absolute atomic E-state index is 0.380. The third kappa shape index (κ3) is 3.01. The highest BCUT2D eigenvalue weighted by Crippen LogP contribution is 2.32. The van der Waals surface area contributed by atoms with Crippen LogP contribution in [0.1, 0.15) is 30.9 Å². The van der Waals surface area contributed by atoms with Crippen molar-refractivity contribution in [2.45, 2.75) is 39.2 Å². The molecule has 1 heterocycles. The van der Waals surface area contributed by atoms with Crippen LogP contribution in [0.25, 0.3) is 0 Å². The van der Waals surface area contributed by atoms with Gasteiger partial charge in [0.1, 0.15) is 11.9 Å². The molecule has 0 saturated heterocycles. The molecule has 94 valence electrons. The van der Waals surface area contributed by atoms with Crippen LogP contribution < -0.4 is 10.1 Å². The van der Waals surface area contributed by atoms with E-state index in [1.807, 2.05) is 7.05 Å². The molecule has 1 aromatic carbocycles. The Hall–Kier alpha value is -1.02. The molecule has 2 heteroatoms. The van der Waals surface area contributed by atoms with E-state index in [1.54, 1.807) is 0 Å². The predicted octanol–water partition coefficient (Wildman–Crippen LogP) is 2.93. The first kappa shape index (κ1) is 12.4. The second-order valence-electron chi connectivity index (χ2n) is 5.12. The lowest BCUT2D eigenvalue weighted by atomic mass is 9.96. The van der Waals surface area contributed by atoms with Gasteiger partial charge in [0, 0.05) is 6.42 Å². The molecule has 17 heavy (non-hydrogen) atoms. The summed E-state index contributed by atoms with van der Waals surface area (Å²) in [6, 6.07) is 6.50. The number of rotatable bonds is 5. The molecule has 2 atom stereocenters. The Balaban J connectivity index is 1.95.